The minimum Gasteiger partial charge on any atom is -0.335 e. The van der Waals surface area contributed by atoms with Gasteiger partial charge < -0.3 is 14.8 Å². The quantitative estimate of drug-likeness (QED) is 0.406. The van der Waals surface area contributed by atoms with Crippen molar-refractivity contribution in [2.45, 2.75) is 13.1 Å². The van der Waals surface area contributed by atoms with Crippen molar-refractivity contribution in [3.63, 3.8) is 0 Å². The van der Waals surface area contributed by atoms with Crippen molar-refractivity contribution in [1.82, 2.24) is 19.5 Å². The molecule has 5 aromatic rings. The van der Waals surface area contributed by atoms with E-state index in [9.17, 15) is 4.79 Å². The first-order valence-corrected chi connectivity index (χ1v) is 10.7. The molecule has 0 fully saturated rings. The monoisotopic (exact) mass is 432 g/mol. The van der Waals surface area contributed by atoms with Crippen LogP contribution in [-0.2, 0) is 13.1 Å². The van der Waals surface area contributed by atoms with E-state index in [1.807, 2.05) is 66.7 Å². The Labute approximate surface area is 189 Å². The number of hydrogen-bond acceptors (Lipinski definition) is 6. The minimum atomic E-state index is -0.315. The van der Waals surface area contributed by atoms with E-state index in [0.717, 1.165) is 28.2 Å². The smallest absolute Gasteiger partial charge is 0.281 e. The van der Waals surface area contributed by atoms with Crippen molar-refractivity contribution in [2.24, 2.45) is 0 Å². The molecule has 0 radical (unpaired) electrons. The Morgan fingerprint density at radius 2 is 1.64 bits per heavy atom. The first-order valence-electron chi connectivity index (χ1n) is 10.7. The third-order valence-corrected chi connectivity index (χ3v) is 5.83. The summed E-state index contributed by atoms with van der Waals surface area (Å²) in [7, 11) is 0. The van der Waals surface area contributed by atoms with Crippen molar-refractivity contribution in [2.75, 3.05) is 10.2 Å². The summed E-state index contributed by atoms with van der Waals surface area (Å²) in [5, 5.41) is 3.78. The average molecular weight is 432 g/mol. The maximum Gasteiger partial charge on any atom is 0.281 e. The van der Waals surface area contributed by atoms with Crippen LogP contribution in [0.2, 0.25) is 0 Å². The van der Waals surface area contributed by atoms with E-state index in [2.05, 4.69) is 32.4 Å². The number of nitrogens with zero attached hydrogens (tertiary/aromatic N) is 5. The van der Waals surface area contributed by atoms with Crippen LogP contribution in [0.5, 0.6) is 0 Å². The molecule has 1 aliphatic rings. The third kappa shape index (κ3) is 3.13. The minimum absolute atomic E-state index is 0.315. The van der Waals surface area contributed by atoms with E-state index in [-0.39, 0.29) is 5.56 Å². The highest BCUT2D eigenvalue weighted by molar-refractivity contribution is 5.90. The number of aromatic nitrogens is 4. The van der Waals surface area contributed by atoms with Gasteiger partial charge in [0.1, 0.15) is 5.82 Å². The molecule has 2 aromatic heterocycles. The SMILES string of the molecule is C=CCn1c(CN2c3ccccc3Nc3nc(=O)c4ccccc4nc32)nc2ccccc21. The van der Waals surface area contributed by atoms with E-state index >= 15 is 0 Å². The van der Waals surface area contributed by atoms with Gasteiger partial charge >= 0.3 is 0 Å². The molecule has 0 spiro atoms. The molecule has 3 heterocycles. The van der Waals surface area contributed by atoms with Crippen molar-refractivity contribution < 1.29 is 0 Å². The lowest BCUT2D eigenvalue weighted by Gasteiger charge is -2.31. The highest BCUT2D eigenvalue weighted by Gasteiger charge is 2.27. The molecule has 0 aliphatic carbocycles. The lowest BCUT2D eigenvalue weighted by atomic mass is 10.2. The summed E-state index contributed by atoms with van der Waals surface area (Å²) in [5.74, 6) is 1.89. The molecule has 7 heteroatoms. The van der Waals surface area contributed by atoms with Gasteiger partial charge in [0, 0.05) is 6.54 Å². The summed E-state index contributed by atoms with van der Waals surface area (Å²) in [6.07, 6.45) is 1.87. The number of hydrogen-bond donors (Lipinski definition) is 1. The lowest BCUT2D eigenvalue weighted by molar-refractivity contribution is 0.744. The largest absolute Gasteiger partial charge is 0.335 e. The van der Waals surface area contributed by atoms with Crippen molar-refractivity contribution in [3.05, 3.63) is 102 Å². The van der Waals surface area contributed by atoms with Crippen LogP contribution in [0.4, 0.5) is 23.0 Å². The molecule has 0 bridgehead atoms. The van der Waals surface area contributed by atoms with Crippen LogP contribution < -0.4 is 15.8 Å². The van der Waals surface area contributed by atoms with Crippen LogP contribution in [0.3, 0.4) is 0 Å². The van der Waals surface area contributed by atoms with Crippen molar-refractivity contribution >= 4 is 44.9 Å². The average Bonchev–Trinajstić information content (AvgIpc) is 3.10. The van der Waals surface area contributed by atoms with Crippen molar-refractivity contribution in [1.29, 1.82) is 0 Å². The van der Waals surface area contributed by atoms with Crippen LogP contribution in [0, 0.1) is 0 Å². The fraction of sp³-hybridized carbons (Fsp3) is 0.0769. The molecule has 6 rings (SSSR count). The van der Waals surface area contributed by atoms with Gasteiger partial charge in [-0.15, -0.1) is 6.58 Å². The molecule has 1 aliphatic heterocycles. The first kappa shape index (κ1) is 19.2. The zero-order valence-electron chi connectivity index (χ0n) is 17.8. The molecular weight excluding hydrogens is 412 g/mol. The van der Waals surface area contributed by atoms with Gasteiger partial charge in [0.15, 0.2) is 11.6 Å². The molecule has 3 aromatic carbocycles. The fourth-order valence-corrected chi connectivity index (χ4v) is 4.34. The molecule has 1 N–H and O–H groups in total. The second-order valence-electron chi connectivity index (χ2n) is 7.86. The van der Waals surface area contributed by atoms with Crippen LogP contribution >= 0.6 is 0 Å². The summed E-state index contributed by atoms with van der Waals surface area (Å²) >= 11 is 0. The van der Waals surface area contributed by atoms with Gasteiger partial charge in [0.05, 0.1) is 39.9 Å². The van der Waals surface area contributed by atoms with Gasteiger partial charge in [-0.2, -0.15) is 4.98 Å². The standard InChI is InChI=1S/C26H20N6O/c1-2-15-31-21-13-7-5-11-19(21)27-23(31)16-32-22-14-8-6-12-20(22)28-24-25(32)29-18-10-4-3-9-17(18)26(33)30-24/h2-14H,1,15-16H2,(H,28,30,33). The Kier molecular flexibility index (Phi) is 4.40. The number of para-hydroxylation sites is 5. The number of allylic oxidation sites excluding steroid dienone is 1. The molecule has 0 unspecified atom stereocenters. The van der Waals surface area contributed by atoms with Crippen molar-refractivity contribution in [3.8, 4) is 0 Å². The Balaban J connectivity index is 1.59. The fourth-order valence-electron chi connectivity index (χ4n) is 4.34. The Morgan fingerprint density at radius 1 is 0.879 bits per heavy atom. The molecule has 33 heavy (non-hydrogen) atoms. The van der Waals surface area contributed by atoms with Gasteiger partial charge in [-0.3, -0.25) is 4.79 Å². The number of fused-ring (bicyclic) bond motifs is 4. The van der Waals surface area contributed by atoms with E-state index < -0.39 is 0 Å². The molecule has 160 valence electrons. The number of nitrogens with one attached hydrogen (secondary N) is 1. The number of rotatable bonds is 4. The van der Waals surface area contributed by atoms with Crippen LogP contribution in [0.1, 0.15) is 5.82 Å². The summed E-state index contributed by atoms with van der Waals surface area (Å²) in [4.78, 5) is 29.1. The maximum absolute atomic E-state index is 12.8. The van der Waals surface area contributed by atoms with Gasteiger partial charge in [0.25, 0.3) is 5.56 Å². The predicted octanol–water partition coefficient (Wildman–Crippen LogP) is 4.92. The normalized spacial score (nSPS) is 12.3. The van der Waals surface area contributed by atoms with Gasteiger partial charge in [0.2, 0.25) is 0 Å². The lowest BCUT2D eigenvalue weighted by Crippen LogP contribution is -2.25. The first-order chi connectivity index (χ1) is 16.2. The summed E-state index contributed by atoms with van der Waals surface area (Å²) < 4.78 is 2.15. The third-order valence-electron chi connectivity index (χ3n) is 5.83. The predicted molar refractivity (Wildman–Crippen MR) is 131 cm³/mol. The number of anilines is 4. The highest BCUT2D eigenvalue weighted by Crippen LogP contribution is 2.42. The van der Waals surface area contributed by atoms with E-state index in [1.54, 1.807) is 6.07 Å². The Hall–Kier alpha value is -4.52. The van der Waals surface area contributed by atoms with E-state index in [4.69, 9.17) is 9.97 Å². The number of benzene rings is 3. The van der Waals surface area contributed by atoms with Gasteiger partial charge in [-0.1, -0.05) is 42.5 Å². The second-order valence-corrected chi connectivity index (χ2v) is 7.86. The Morgan fingerprint density at radius 3 is 2.52 bits per heavy atom. The van der Waals surface area contributed by atoms with Crippen LogP contribution in [0.25, 0.3) is 21.9 Å². The van der Waals surface area contributed by atoms with Crippen LogP contribution in [-0.4, -0.2) is 19.5 Å². The molecule has 0 saturated heterocycles. The maximum atomic E-state index is 12.8. The van der Waals surface area contributed by atoms with E-state index in [1.165, 1.54) is 0 Å². The topological polar surface area (TPSA) is 75.9 Å². The number of imidazole rings is 1. The second kappa shape index (κ2) is 7.56. The molecule has 0 amide bonds. The van der Waals surface area contributed by atoms with Gasteiger partial charge in [-0.05, 0) is 36.4 Å². The molecule has 0 atom stereocenters. The van der Waals surface area contributed by atoms with E-state index in [0.29, 0.717) is 35.6 Å². The molecule has 7 nitrogen and oxygen atoms in total. The molecular formula is C26H20N6O. The highest BCUT2D eigenvalue weighted by atomic mass is 16.1. The Bertz CT molecular complexity index is 1610. The summed E-state index contributed by atoms with van der Waals surface area (Å²) in [6.45, 7) is 5.02. The van der Waals surface area contributed by atoms with Crippen LogP contribution in [0.15, 0.2) is 90.2 Å². The zero-order chi connectivity index (χ0) is 22.4. The summed E-state index contributed by atoms with van der Waals surface area (Å²) in [6, 6.07) is 23.3. The van der Waals surface area contributed by atoms with Gasteiger partial charge in [-0.25, -0.2) is 9.97 Å². The summed E-state index contributed by atoms with van der Waals surface area (Å²) in [5.41, 5.74) is 4.06. The molecule has 0 saturated carbocycles. The zero-order valence-corrected chi connectivity index (χ0v) is 17.8.